The Bertz CT molecular complexity index is 987. The third-order valence-corrected chi connectivity index (χ3v) is 6.03. The molecule has 0 bridgehead atoms. The summed E-state index contributed by atoms with van der Waals surface area (Å²) in [6.07, 6.45) is 0. The molecule has 1 fully saturated rings. The first-order valence-electron chi connectivity index (χ1n) is 8.70. The molecule has 0 aromatic heterocycles. The fourth-order valence-electron chi connectivity index (χ4n) is 3.00. The normalized spacial score (nSPS) is 14.8. The quantitative estimate of drug-likeness (QED) is 0.832. The van der Waals surface area contributed by atoms with E-state index >= 15 is 0 Å². The third kappa shape index (κ3) is 4.05. The summed E-state index contributed by atoms with van der Waals surface area (Å²) in [6.45, 7) is 1.10. The van der Waals surface area contributed by atoms with Crippen LogP contribution in [0.5, 0.6) is 0 Å². The van der Waals surface area contributed by atoms with E-state index in [4.69, 9.17) is 0 Å². The summed E-state index contributed by atoms with van der Waals surface area (Å²) < 4.78 is 40.1. The van der Waals surface area contributed by atoms with Gasteiger partial charge in [-0.05, 0) is 37.4 Å². The zero-order chi connectivity index (χ0) is 20.3. The first-order valence-corrected chi connectivity index (χ1v) is 10.2. The molecule has 2 aromatic carbocycles. The predicted molar refractivity (Wildman–Crippen MR) is 101 cm³/mol. The van der Waals surface area contributed by atoms with Crippen LogP contribution < -0.4 is 4.72 Å². The average molecular weight is 405 g/mol. The van der Waals surface area contributed by atoms with Crippen molar-refractivity contribution in [2.45, 2.75) is 4.90 Å². The lowest BCUT2D eigenvalue weighted by atomic mass is 10.1. The highest BCUT2D eigenvalue weighted by Gasteiger charge is 2.27. The van der Waals surface area contributed by atoms with Crippen LogP contribution in [0.3, 0.4) is 0 Å². The second kappa shape index (κ2) is 8.07. The molecule has 0 radical (unpaired) electrons. The van der Waals surface area contributed by atoms with Crippen molar-refractivity contribution in [1.82, 2.24) is 14.5 Å². The summed E-state index contributed by atoms with van der Waals surface area (Å²) in [5, 5.41) is 0. The van der Waals surface area contributed by atoms with Gasteiger partial charge in [-0.1, -0.05) is 18.2 Å². The van der Waals surface area contributed by atoms with Crippen molar-refractivity contribution in [2.75, 3.05) is 33.2 Å². The van der Waals surface area contributed by atoms with E-state index in [0.29, 0.717) is 18.7 Å². The minimum atomic E-state index is -3.79. The lowest BCUT2D eigenvalue weighted by Crippen LogP contribution is -2.50. The molecule has 7 nitrogen and oxygen atoms in total. The number of nitrogens with one attached hydrogen (secondary N) is 1. The average Bonchev–Trinajstić information content (AvgIpc) is 2.73. The van der Waals surface area contributed by atoms with Gasteiger partial charge in [-0.2, -0.15) is 0 Å². The van der Waals surface area contributed by atoms with Crippen LogP contribution in [-0.2, 0) is 10.0 Å². The molecule has 28 heavy (non-hydrogen) atoms. The molecule has 148 valence electrons. The molecule has 0 unspecified atom stereocenters. The number of nitrogens with zero attached hydrogens (tertiary/aromatic N) is 2. The maximum atomic E-state index is 14.2. The Morgan fingerprint density at radius 2 is 1.50 bits per heavy atom. The third-order valence-electron chi connectivity index (χ3n) is 4.62. The molecular formula is C19H20FN3O4S. The first-order chi connectivity index (χ1) is 13.3. The molecule has 1 aliphatic heterocycles. The lowest BCUT2D eigenvalue weighted by Gasteiger charge is -2.35. The lowest BCUT2D eigenvalue weighted by molar-refractivity contribution is 0.0532. The van der Waals surface area contributed by atoms with Gasteiger partial charge in [0.15, 0.2) is 0 Å². The van der Waals surface area contributed by atoms with Gasteiger partial charge in [-0.3, -0.25) is 9.59 Å². The van der Waals surface area contributed by atoms with Crippen LogP contribution in [0, 0.1) is 5.82 Å². The molecule has 1 N–H and O–H groups in total. The van der Waals surface area contributed by atoms with Gasteiger partial charge in [0.25, 0.3) is 11.8 Å². The van der Waals surface area contributed by atoms with Gasteiger partial charge in [-0.25, -0.2) is 17.5 Å². The molecule has 1 saturated heterocycles. The highest BCUT2D eigenvalue weighted by atomic mass is 32.2. The van der Waals surface area contributed by atoms with Crippen LogP contribution in [-0.4, -0.2) is 63.3 Å². The number of carbonyl (C=O) groups is 2. The van der Waals surface area contributed by atoms with E-state index in [-0.39, 0.29) is 29.5 Å². The van der Waals surface area contributed by atoms with Gasteiger partial charge in [0.05, 0.1) is 10.5 Å². The van der Waals surface area contributed by atoms with E-state index in [1.165, 1.54) is 11.9 Å². The first kappa shape index (κ1) is 20.0. The van der Waals surface area contributed by atoms with Crippen molar-refractivity contribution >= 4 is 21.8 Å². The van der Waals surface area contributed by atoms with Gasteiger partial charge < -0.3 is 9.80 Å². The fraction of sp³-hybridized carbons (Fsp3) is 0.263. The SMILES string of the molecule is CNS(=O)(=O)c1ccc(F)c(C(=O)N2CCN(C(=O)c3ccccc3)CC2)c1. The Labute approximate surface area is 162 Å². The second-order valence-electron chi connectivity index (χ2n) is 6.30. The van der Waals surface area contributed by atoms with Gasteiger partial charge in [0, 0.05) is 31.7 Å². The van der Waals surface area contributed by atoms with Crippen molar-refractivity contribution in [3.8, 4) is 0 Å². The molecule has 3 rings (SSSR count). The van der Waals surface area contributed by atoms with E-state index in [9.17, 15) is 22.4 Å². The molecule has 1 heterocycles. The predicted octanol–water partition coefficient (Wildman–Crippen LogP) is 1.33. The Morgan fingerprint density at radius 3 is 2.07 bits per heavy atom. The second-order valence-corrected chi connectivity index (χ2v) is 8.19. The molecule has 9 heteroatoms. The molecule has 1 aliphatic rings. The summed E-state index contributed by atoms with van der Waals surface area (Å²) in [5.41, 5.74) is 0.262. The zero-order valence-electron chi connectivity index (χ0n) is 15.3. The van der Waals surface area contributed by atoms with E-state index in [0.717, 1.165) is 18.2 Å². The van der Waals surface area contributed by atoms with Crippen LogP contribution in [0.1, 0.15) is 20.7 Å². The Balaban J connectivity index is 1.72. The van der Waals surface area contributed by atoms with Gasteiger partial charge >= 0.3 is 0 Å². The summed E-state index contributed by atoms with van der Waals surface area (Å²) in [6, 6.07) is 11.9. The smallest absolute Gasteiger partial charge is 0.256 e. The van der Waals surface area contributed by atoms with Crippen LogP contribution in [0.25, 0.3) is 0 Å². The number of hydrogen-bond acceptors (Lipinski definition) is 4. The number of amides is 2. The van der Waals surface area contributed by atoms with Gasteiger partial charge in [0.1, 0.15) is 5.82 Å². The molecule has 0 atom stereocenters. The Morgan fingerprint density at radius 1 is 0.929 bits per heavy atom. The standard InChI is InChI=1S/C19H20FN3O4S/c1-21-28(26,27)15-7-8-17(20)16(13-15)19(25)23-11-9-22(10-12-23)18(24)14-5-3-2-4-6-14/h2-8,13,21H,9-12H2,1H3. The van der Waals surface area contributed by atoms with Crippen molar-refractivity contribution in [1.29, 1.82) is 0 Å². The number of rotatable bonds is 4. The molecule has 0 aliphatic carbocycles. The summed E-state index contributed by atoms with van der Waals surface area (Å²) in [7, 11) is -2.55. The van der Waals surface area contributed by atoms with E-state index < -0.39 is 21.7 Å². The van der Waals surface area contributed by atoms with Crippen molar-refractivity contribution < 1.29 is 22.4 Å². The minimum Gasteiger partial charge on any atom is -0.335 e. The number of hydrogen-bond donors (Lipinski definition) is 1. The number of halogens is 1. The van der Waals surface area contributed by atoms with Crippen molar-refractivity contribution in [2.24, 2.45) is 0 Å². The molecule has 0 saturated carbocycles. The number of carbonyl (C=O) groups excluding carboxylic acids is 2. The van der Waals surface area contributed by atoms with Crippen LogP contribution in [0.2, 0.25) is 0 Å². The maximum absolute atomic E-state index is 14.2. The molecule has 2 aromatic rings. The Kier molecular flexibility index (Phi) is 5.76. The van der Waals surface area contributed by atoms with Crippen LogP contribution in [0.4, 0.5) is 4.39 Å². The summed E-state index contributed by atoms with van der Waals surface area (Å²) in [4.78, 5) is 28.1. The monoisotopic (exact) mass is 405 g/mol. The zero-order valence-corrected chi connectivity index (χ0v) is 16.1. The van der Waals surface area contributed by atoms with Gasteiger partial charge in [0.2, 0.25) is 10.0 Å². The summed E-state index contributed by atoms with van der Waals surface area (Å²) in [5.74, 6) is -1.51. The van der Waals surface area contributed by atoms with Crippen molar-refractivity contribution in [3.63, 3.8) is 0 Å². The molecule has 0 spiro atoms. The van der Waals surface area contributed by atoms with E-state index in [1.54, 1.807) is 29.2 Å². The Hall–Kier alpha value is -2.78. The molecule has 2 amide bonds. The topological polar surface area (TPSA) is 86.8 Å². The number of benzene rings is 2. The summed E-state index contributed by atoms with van der Waals surface area (Å²) >= 11 is 0. The van der Waals surface area contributed by atoms with Gasteiger partial charge in [-0.15, -0.1) is 0 Å². The van der Waals surface area contributed by atoms with Crippen LogP contribution >= 0.6 is 0 Å². The number of piperazine rings is 1. The largest absolute Gasteiger partial charge is 0.335 e. The number of sulfonamides is 1. The fourth-order valence-corrected chi connectivity index (χ4v) is 3.76. The van der Waals surface area contributed by atoms with E-state index in [1.807, 2.05) is 6.07 Å². The molecular weight excluding hydrogens is 385 g/mol. The minimum absolute atomic E-state index is 0.124. The van der Waals surface area contributed by atoms with Crippen LogP contribution in [0.15, 0.2) is 53.4 Å². The van der Waals surface area contributed by atoms with Crippen molar-refractivity contribution in [3.05, 3.63) is 65.5 Å². The van der Waals surface area contributed by atoms with E-state index in [2.05, 4.69) is 4.72 Å². The maximum Gasteiger partial charge on any atom is 0.256 e. The highest BCUT2D eigenvalue weighted by Crippen LogP contribution is 2.18. The highest BCUT2D eigenvalue weighted by molar-refractivity contribution is 7.89.